The fourth-order valence-electron chi connectivity index (χ4n) is 0.751. The van der Waals surface area contributed by atoms with Crippen molar-refractivity contribution in [3.8, 4) is 0 Å². The molecule has 0 heterocycles. The molecule has 13 heavy (non-hydrogen) atoms. The number of alkyl carbamates (subject to hydrolysis) is 1. The highest BCUT2D eigenvalue weighted by molar-refractivity contribution is 5.68. The number of rotatable bonds is 3. The van der Waals surface area contributed by atoms with E-state index < -0.39 is 11.7 Å². The Morgan fingerprint density at radius 1 is 1.54 bits per heavy atom. The zero-order valence-electron chi connectivity index (χ0n) is 8.76. The van der Waals surface area contributed by atoms with Crippen LogP contribution in [0.3, 0.4) is 0 Å². The van der Waals surface area contributed by atoms with E-state index in [1.807, 2.05) is 6.92 Å². The molecular weight excluding hydrogens is 170 g/mol. The summed E-state index contributed by atoms with van der Waals surface area (Å²) >= 11 is 0. The SMILES string of the molecule is CCC(CO)NC(=O)OC(C)(C)C. The van der Waals surface area contributed by atoms with Crippen molar-refractivity contribution in [2.75, 3.05) is 6.61 Å². The van der Waals surface area contributed by atoms with Crippen LogP contribution >= 0.6 is 0 Å². The van der Waals surface area contributed by atoms with Crippen LogP contribution < -0.4 is 5.32 Å². The van der Waals surface area contributed by atoms with Crippen LogP contribution in [-0.2, 0) is 4.74 Å². The average Bonchev–Trinajstić information content (AvgIpc) is 1.96. The lowest BCUT2D eigenvalue weighted by Crippen LogP contribution is -2.40. The molecular formula is C9H19NO3. The molecule has 0 bridgehead atoms. The van der Waals surface area contributed by atoms with Gasteiger partial charge in [0.25, 0.3) is 0 Å². The minimum absolute atomic E-state index is 0.0598. The molecule has 0 rings (SSSR count). The third kappa shape index (κ3) is 6.40. The van der Waals surface area contributed by atoms with E-state index in [2.05, 4.69) is 5.32 Å². The van der Waals surface area contributed by atoms with Crippen LogP contribution in [0, 0.1) is 0 Å². The predicted octanol–water partition coefficient (Wildman–Crippen LogP) is 1.28. The van der Waals surface area contributed by atoms with Gasteiger partial charge in [0, 0.05) is 0 Å². The lowest BCUT2D eigenvalue weighted by molar-refractivity contribution is 0.0481. The van der Waals surface area contributed by atoms with E-state index in [1.54, 1.807) is 20.8 Å². The van der Waals surface area contributed by atoms with Gasteiger partial charge in [0.1, 0.15) is 5.60 Å². The van der Waals surface area contributed by atoms with E-state index in [0.29, 0.717) is 6.42 Å². The summed E-state index contributed by atoms with van der Waals surface area (Å²) in [7, 11) is 0. The quantitative estimate of drug-likeness (QED) is 0.703. The van der Waals surface area contributed by atoms with E-state index in [9.17, 15) is 4.79 Å². The van der Waals surface area contributed by atoms with Crippen molar-refractivity contribution in [2.24, 2.45) is 0 Å². The third-order valence-corrected chi connectivity index (χ3v) is 1.43. The van der Waals surface area contributed by atoms with E-state index in [1.165, 1.54) is 0 Å². The second-order valence-corrected chi connectivity index (χ2v) is 3.93. The van der Waals surface area contributed by atoms with E-state index in [-0.39, 0.29) is 12.6 Å². The van der Waals surface area contributed by atoms with Crippen molar-refractivity contribution in [3.63, 3.8) is 0 Å². The molecule has 0 aliphatic rings. The summed E-state index contributed by atoms with van der Waals surface area (Å²) in [4.78, 5) is 11.1. The first-order chi connectivity index (χ1) is 5.89. The van der Waals surface area contributed by atoms with Crippen molar-refractivity contribution in [2.45, 2.75) is 45.8 Å². The summed E-state index contributed by atoms with van der Waals surface area (Å²) in [5.41, 5.74) is -0.488. The summed E-state index contributed by atoms with van der Waals surface area (Å²) in [6, 6.07) is -0.213. The fourth-order valence-corrected chi connectivity index (χ4v) is 0.751. The molecule has 0 aromatic carbocycles. The number of ether oxygens (including phenoxy) is 1. The van der Waals surface area contributed by atoms with Gasteiger partial charge in [0.15, 0.2) is 0 Å². The molecule has 2 N–H and O–H groups in total. The van der Waals surface area contributed by atoms with Crippen LogP contribution in [0.1, 0.15) is 34.1 Å². The zero-order chi connectivity index (χ0) is 10.5. The molecule has 4 nitrogen and oxygen atoms in total. The van der Waals surface area contributed by atoms with Crippen molar-refractivity contribution in [3.05, 3.63) is 0 Å². The number of hydrogen-bond acceptors (Lipinski definition) is 3. The van der Waals surface area contributed by atoms with E-state index in [0.717, 1.165) is 0 Å². The first-order valence-electron chi connectivity index (χ1n) is 4.49. The normalized spacial score (nSPS) is 13.6. The first kappa shape index (κ1) is 12.2. The Morgan fingerprint density at radius 3 is 2.38 bits per heavy atom. The zero-order valence-corrected chi connectivity index (χ0v) is 8.76. The molecule has 0 spiro atoms. The summed E-state index contributed by atoms with van der Waals surface area (Å²) in [5.74, 6) is 0. The van der Waals surface area contributed by atoms with Gasteiger partial charge in [-0.1, -0.05) is 6.92 Å². The molecule has 0 radical (unpaired) electrons. The van der Waals surface area contributed by atoms with Gasteiger partial charge in [-0.15, -0.1) is 0 Å². The Bertz CT molecular complexity index is 159. The number of aliphatic hydroxyl groups is 1. The molecule has 0 aliphatic carbocycles. The van der Waals surface area contributed by atoms with Gasteiger partial charge < -0.3 is 15.2 Å². The maximum Gasteiger partial charge on any atom is 0.407 e. The standard InChI is InChI=1S/C9H19NO3/c1-5-7(6-11)10-8(12)13-9(2,3)4/h7,11H,5-6H2,1-4H3,(H,10,12). The first-order valence-corrected chi connectivity index (χ1v) is 4.49. The Kier molecular flexibility index (Phi) is 4.77. The molecule has 0 aliphatic heterocycles. The summed E-state index contributed by atoms with van der Waals surface area (Å²) in [6.07, 6.45) is 0.212. The topological polar surface area (TPSA) is 58.6 Å². The van der Waals surface area contributed by atoms with Crippen molar-refractivity contribution in [1.82, 2.24) is 5.32 Å². The summed E-state index contributed by atoms with van der Waals surface area (Å²) < 4.78 is 5.01. The number of amides is 1. The molecule has 0 fully saturated rings. The molecule has 78 valence electrons. The average molecular weight is 189 g/mol. The van der Waals surface area contributed by atoms with Crippen molar-refractivity contribution in [1.29, 1.82) is 0 Å². The molecule has 0 aromatic heterocycles. The lowest BCUT2D eigenvalue weighted by atomic mass is 10.2. The maximum atomic E-state index is 11.1. The number of carbonyl (C=O) groups is 1. The number of nitrogens with one attached hydrogen (secondary N) is 1. The highest BCUT2D eigenvalue weighted by Gasteiger charge is 2.17. The monoisotopic (exact) mass is 189 g/mol. The van der Waals surface area contributed by atoms with Crippen LogP contribution in [0.25, 0.3) is 0 Å². The minimum atomic E-state index is -0.488. The van der Waals surface area contributed by atoms with E-state index >= 15 is 0 Å². The molecule has 1 atom stereocenters. The highest BCUT2D eigenvalue weighted by Crippen LogP contribution is 2.06. The van der Waals surface area contributed by atoms with Crippen LogP contribution in [0.2, 0.25) is 0 Å². The molecule has 4 heteroatoms. The van der Waals surface area contributed by atoms with Gasteiger partial charge in [-0.05, 0) is 27.2 Å². The van der Waals surface area contributed by atoms with Gasteiger partial charge in [-0.25, -0.2) is 4.79 Å². The lowest BCUT2D eigenvalue weighted by Gasteiger charge is -2.22. The van der Waals surface area contributed by atoms with Crippen LogP contribution in [-0.4, -0.2) is 29.4 Å². The summed E-state index contributed by atoms with van der Waals surface area (Å²) in [5, 5.41) is 11.4. The Balaban J connectivity index is 3.86. The summed E-state index contributed by atoms with van der Waals surface area (Å²) in [6.45, 7) is 7.22. The highest BCUT2D eigenvalue weighted by atomic mass is 16.6. The van der Waals surface area contributed by atoms with Crippen LogP contribution in [0.4, 0.5) is 4.79 Å². The fraction of sp³-hybridized carbons (Fsp3) is 0.889. The smallest absolute Gasteiger partial charge is 0.407 e. The van der Waals surface area contributed by atoms with Crippen molar-refractivity contribution < 1.29 is 14.6 Å². The Labute approximate surface area is 79.3 Å². The second kappa shape index (κ2) is 5.07. The number of aliphatic hydroxyl groups excluding tert-OH is 1. The number of hydrogen-bond donors (Lipinski definition) is 2. The van der Waals surface area contributed by atoms with Gasteiger partial charge in [-0.2, -0.15) is 0 Å². The molecule has 0 saturated heterocycles. The third-order valence-electron chi connectivity index (χ3n) is 1.43. The molecule has 1 unspecified atom stereocenters. The maximum absolute atomic E-state index is 11.1. The van der Waals surface area contributed by atoms with Gasteiger partial charge in [-0.3, -0.25) is 0 Å². The predicted molar refractivity (Wildman–Crippen MR) is 50.5 cm³/mol. The van der Waals surface area contributed by atoms with E-state index in [4.69, 9.17) is 9.84 Å². The van der Waals surface area contributed by atoms with Crippen LogP contribution in [0.15, 0.2) is 0 Å². The van der Waals surface area contributed by atoms with Crippen molar-refractivity contribution >= 4 is 6.09 Å². The van der Waals surface area contributed by atoms with Gasteiger partial charge in [0.05, 0.1) is 12.6 Å². The molecule has 0 aromatic rings. The Morgan fingerprint density at radius 2 is 2.08 bits per heavy atom. The largest absolute Gasteiger partial charge is 0.444 e. The Hall–Kier alpha value is -0.770. The van der Waals surface area contributed by atoms with Gasteiger partial charge in [0.2, 0.25) is 0 Å². The second-order valence-electron chi connectivity index (χ2n) is 3.93. The van der Waals surface area contributed by atoms with Crippen LogP contribution in [0.5, 0.6) is 0 Å². The molecule has 0 saturated carbocycles. The number of carbonyl (C=O) groups excluding carboxylic acids is 1. The minimum Gasteiger partial charge on any atom is -0.444 e. The van der Waals surface area contributed by atoms with Gasteiger partial charge >= 0.3 is 6.09 Å². The molecule has 1 amide bonds.